The smallest absolute Gasteiger partial charge is 0.223 e. The Morgan fingerprint density at radius 2 is 2.07 bits per heavy atom. The highest BCUT2D eigenvalue weighted by molar-refractivity contribution is 5.78. The number of amides is 1. The first kappa shape index (κ1) is 17.2. The predicted octanol–water partition coefficient (Wildman–Crippen LogP) is 3.79. The fraction of sp³-hybridized carbons (Fsp3) is 0.409. The first-order valence-corrected chi connectivity index (χ1v) is 10.0. The van der Waals surface area contributed by atoms with Crippen molar-refractivity contribution in [1.29, 1.82) is 0 Å². The highest BCUT2D eigenvalue weighted by Crippen LogP contribution is 2.44. The average Bonchev–Trinajstić information content (AvgIpc) is 3.29. The number of ether oxygens (including phenoxy) is 1. The Morgan fingerprint density at radius 3 is 2.82 bits per heavy atom. The molecule has 1 saturated heterocycles. The molecule has 0 aliphatic carbocycles. The summed E-state index contributed by atoms with van der Waals surface area (Å²) in [5.41, 5.74) is 5.17. The zero-order valence-corrected chi connectivity index (χ0v) is 16.3. The molecular weight excluding hydrogens is 352 g/mol. The Kier molecular flexibility index (Phi) is 4.07. The maximum absolute atomic E-state index is 12.6. The van der Waals surface area contributed by atoms with Crippen LogP contribution in [0, 0.1) is 0 Å². The van der Waals surface area contributed by atoms with Crippen LogP contribution >= 0.6 is 0 Å². The minimum absolute atomic E-state index is 0.151. The van der Waals surface area contributed by atoms with Gasteiger partial charge in [0.15, 0.2) is 5.65 Å². The molecule has 1 fully saturated rings. The van der Waals surface area contributed by atoms with E-state index in [1.54, 1.807) is 7.11 Å². The number of fused-ring (bicyclic) bond motifs is 6. The molecule has 0 spiro atoms. The van der Waals surface area contributed by atoms with Crippen molar-refractivity contribution in [3.63, 3.8) is 0 Å². The second kappa shape index (κ2) is 6.62. The molecule has 5 rings (SSSR count). The normalized spacial score (nSPS) is 20.4. The van der Waals surface area contributed by atoms with E-state index < -0.39 is 0 Å². The van der Waals surface area contributed by atoms with E-state index in [2.05, 4.69) is 16.8 Å². The largest absolute Gasteiger partial charge is 0.497 e. The molecule has 1 amide bonds. The molecule has 0 saturated carbocycles. The third-order valence-corrected chi connectivity index (χ3v) is 6.04. The molecule has 1 aromatic carbocycles. The lowest BCUT2D eigenvalue weighted by Crippen LogP contribution is -2.42. The molecule has 2 bridgehead atoms. The Hall–Kier alpha value is -2.89. The number of nitrogens with zero attached hydrogens (tertiary/aromatic N) is 4. The van der Waals surface area contributed by atoms with E-state index in [0.717, 1.165) is 53.9 Å². The standard InChI is InChI=1S/C22H24N4O2/c1-3-4-22(27)25-15-7-10-19(25)17-13-23-21-12-18(24-26(21)20(17)11-15)14-5-8-16(28-2)9-6-14/h5-6,8-9,12-13,15,19H,3-4,7,10-11H2,1-2H3/t15-,19-/m1/s1. The lowest BCUT2D eigenvalue weighted by atomic mass is 9.98. The van der Waals surface area contributed by atoms with Gasteiger partial charge in [-0.05, 0) is 43.5 Å². The van der Waals surface area contributed by atoms with Gasteiger partial charge in [0, 0.05) is 42.3 Å². The number of benzene rings is 1. The predicted molar refractivity (Wildman–Crippen MR) is 106 cm³/mol. The average molecular weight is 376 g/mol. The summed E-state index contributed by atoms with van der Waals surface area (Å²) in [5, 5.41) is 4.86. The van der Waals surface area contributed by atoms with Crippen LogP contribution in [-0.2, 0) is 11.2 Å². The maximum atomic E-state index is 12.6. The maximum Gasteiger partial charge on any atom is 0.223 e. The van der Waals surface area contributed by atoms with Crippen molar-refractivity contribution in [3.05, 3.63) is 47.8 Å². The van der Waals surface area contributed by atoms with Crippen LogP contribution in [0.3, 0.4) is 0 Å². The van der Waals surface area contributed by atoms with Gasteiger partial charge in [0.1, 0.15) is 5.75 Å². The zero-order valence-electron chi connectivity index (χ0n) is 16.3. The van der Waals surface area contributed by atoms with Gasteiger partial charge < -0.3 is 9.64 Å². The molecule has 4 heterocycles. The Bertz CT molecular complexity index is 1040. The Labute approximate surface area is 164 Å². The van der Waals surface area contributed by atoms with Crippen LogP contribution in [0.1, 0.15) is 49.9 Å². The summed E-state index contributed by atoms with van der Waals surface area (Å²) in [6.07, 6.45) is 6.41. The lowest BCUT2D eigenvalue weighted by molar-refractivity contribution is -0.134. The second-order valence-corrected chi connectivity index (χ2v) is 7.69. The number of carbonyl (C=O) groups is 1. The fourth-order valence-electron chi connectivity index (χ4n) is 4.71. The number of hydrogen-bond donors (Lipinski definition) is 0. The van der Waals surface area contributed by atoms with Gasteiger partial charge in [0.05, 0.1) is 24.5 Å². The third kappa shape index (κ3) is 2.58. The van der Waals surface area contributed by atoms with Gasteiger partial charge in [-0.1, -0.05) is 6.92 Å². The van der Waals surface area contributed by atoms with Gasteiger partial charge in [-0.25, -0.2) is 9.50 Å². The van der Waals surface area contributed by atoms with Gasteiger partial charge >= 0.3 is 0 Å². The molecule has 2 aliphatic heterocycles. The highest BCUT2D eigenvalue weighted by atomic mass is 16.5. The second-order valence-electron chi connectivity index (χ2n) is 7.69. The van der Waals surface area contributed by atoms with Crippen molar-refractivity contribution < 1.29 is 9.53 Å². The molecule has 0 radical (unpaired) electrons. The van der Waals surface area contributed by atoms with Crippen LogP contribution < -0.4 is 4.74 Å². The number of rotatable bonds is 4. The highest BCUT2D eigenvalue weighted by Gasteiger charge is 2.43. The summed E-state index contributed by atoms with van der Waals surface area (Å²) in [6, 6.07) is 10.4. The molecule has 0 N–H and O–H groups in total. The van der Waals surface area contributed by atoms with Crippen molar-refractivity contribution in [2.75, 3.05) is 7.11 Å². The summed E-state index contributed by atoms with van der Waals surface area (Å²) in [6.45, 7) is 2.06. The van der Waals surface area contributed by atoms with Gasteiger partial charge in [0.25, 0.3) is 0 Å². The molecule has 144 valence electrons. The van der Waals surface area contributed by atoms with E-state index >= 15 is 0 Å². The third-order valence-electron chi connectivity index (χ3n) is 6.04. The molecule has 0 unspecified atom stereocenters. The molecule has 3 aromatic rings. The van der Waals surface area contributed by atoms with Crippen molar-refractivity contribution in [1.82, 2.24) is 19.5 Å². The molecule has 6 heteroatoms. The van der Waals surface area contributed by atoms with E-state index in [-0.39, 0.29) is 18.0 Å². The molecular formula is C22H24N4O2. The molecule has 6 nitrogen and oxygen atoms in total. The Morgan fingerprint density at radius 1 is 1.25 bits per heavy atom. The zero-order chi connectivity index (χ0) is 19.3. The number of carbonyl (C=O) groups excluding carboxylic acids is 1. The minimum atomic E-state index is 0.151. The van der Waals surface area contributed by atoms with E-state index in [0.29, 0.717) is 6.42 Å². The van der Waals surface area contributed by atoms with E-state index in [9.17, 15) is 4.79 Å². The molecule has 28 heavy (non-hydrogen) atoms. The van der Waals surface area contributed by atoms with Crippen molar-refractivity contribution in [3.8, 4) is 17.0 Å². The van der Waals surface area contributed by atoms with Crippen LogP contribution in [0.15, 0.2) is 36.5 Å². The van der Waals surface area contributed by atoms with Crippen LogP contribution in [0.4, 0.5) is 0 Å². The Balaban J connectivity index is 1.55. The van der Waals surface area contributed by atoms with Crippen LogP contribution in [0.25, 0.3) is 16.9 Å². The summed E-state index contributed by atoms with van der Waals surface area (Å²) in [4.78, 5) is 19.4. The van der Waals surface area contributed by atoms with Gasteiger partial charge in [-0.2, -0.15) is 5.10 Å². The molecule has 2 atom stereocenters. The van der Waals surface area contributed by atoms with Crippen molar-refractivity contribution in [2.24, 2.45) is 0 Å². The van der Waals surface area contributed by atoms with Gasteiger partial charge in [-0.3, -0.25) is 4.79 Å². The lowest BCUT2D eigenvalue weighted by Gasteiger charge is -2.36. The van der Waals surface area contributed by atoms with E-state index in [1.807, 2.05) is 41.0 Å². The summed E-state index contributed by atoms with van der Waals surface area (Å²) >= 11 is 0. The van der Waals surface area contributed by atoms with Crippen LogP contribution in [-0.4, -0.2) is 38.6 Å². The number of methoxy groups -OCH3 is 1. The molecule has 2 aliphatic rings. The van der Waals surface area contributed by atoms with Crippen molar-refractivity contribution in [2.45, 2.75) is 51.1 Å². The summed E-state index contributed by atoms with van der Waals surface area (Å²) in [5.74, 6) is 1.11. The quantitative estimate of drug-likeness (QED) is 0.695. The first-order valence-electron chi connectivity index (χ1n) is 10.0. The fourth-order valence-corrected chi connectivity index (χ4v) is 4.71. The van der Waals surface area contributed by atoms with Crippen molar-refractivity contribution >= 4 is 11.6 Å². The SMILES string of the molecule is CCCC(=O)N1[C@@H]2CC[C@@H]1c1cnc3cc(-c4ccc(OC)cc4)nn3c1C2. The topological polar surface area (TPSA) is 59.7 Å². The number of aromatic nitrogens is 3. The van der Waals surface area contributed by atoms with E-state index in [1.165, 1.54) is 5.69 Å². The van der Waals surface area contributed by atoms with Crippen LogP contribution in [0.2, 0.25) is 0 Å². The van der Waals surface area contributed by atoms with Gasteiger partial charge in [0.2, 0.25) is 5.91 Å². The minimum Gasteiger partial charge on any atom is -0.497 e. The summed E-state index contributed by atoms with van der Waals surface area (Å²) in [7, 11) is 1.67. The van der Waals surface area contributed by atoms with E-state index in [4.69, 9.17) is 9.84 Å². The number of hydrogen-bond acceptors (Lipinski definition) is 4. The van der Waals surface area contributed by atoms with Gasteiger partial charge in [-0.15, -0.1) is 0 Å². The monoisotopic (exact) mass is 376 g/mol. The molecule has 2 aromatic heterocycles. The summed E-state index contributed by atoms with van der Waals surface area (Å²) < 4.78 is 7.23. The first-order chi connectivity index (χ1) is 13.7. The van der Waals surface area contributed by atoms with Crippen LogP contribution in [0.5, 0.6) is 5.75 Å².